The van der Waals surface area contributed by atoms with Gasteiger partial charge in [0.25, 0.3) is 5.82 Å². The van der Waals surface area contributed by atoms with Gasteiger partial charge < -0.3 is 4.42 Å². The van der Waals surface area contributed by atoms with Crippen LogP contribution in [0.1, 0.15) is 56.2 Å². The summed E-state index contributed by atoms with van der Waals surface area (Å²) in [6.07, 6.45) is 4.12. The molecule has 2 aromatic carbocycles. The summed E-state index contributed by atoms with van der Waals surface area (Å²) in [7, 11) is 2.01. The number of nitrogens with zero attached hydrogens (tertiary/aromatic N) is 3. The summed E-state index contributed by atoms with van der Waals surface area (Å²) in [5, 5.41) is 0.797. The lowest BCUT2D eigenvalue weighted by Crippen LogP contribution is -2.29. The summed E-state index contributed by atoms with van der Waals surface area (Å²) in [4.78, 5) is 3.76. The van der Waals surface area contributed by atoms with Gasteiger partial charge in [0.2, 0.25) is 11.7 Å². The number of halogens is 2. The number of pyridine rings is 1. The van der Waals surface area contributed by atoms with Gasteiger partial charge in [0, 0.05) is 22.6 Å². The van der Waals surface area contributed by atoms with E-state index in [9.17, 15) is 8.78 Å². The molecule has 0 aliphatic heterocycles. The Kier molecular flexibility index (Phi) is 5.27. The molecule has 0 amide bonds. The zero-order chi connectivity index (χ0) is 24.3. The highest BCUT2D eigenvalue weighted by Gasteiger charge is 2.28. The first-order valence-corrected chi connectivity index (χ1v) is 11.6. The van der Waals surface area contributed by atoms with E-state index in [0.29, 0.717) is 22.8 Å². The molecule has 3 heterocycles. The quantitative estimate of drug-likeness (QED) is 0.212. The Labute approximate surface area is 197 Å². The van der Waals surface area contributed by atoms with E-state index in [-0.39, 0.29) is 11.1 Å². The maximum absolute atomic E-state index is 14.6. The lowest BCUT2D eigenvalue weighted by Gasteiger charge is -2.18. The molecule has 0 spiro atoms. The van der Waals surface area contributed by atoms with Gasteiger partial charge in [0.15, 0.2) is 0 Å². The minimum absolute atomic E-state index is 0.0314. The van der Waals surface area contributed by atoms with Crippen molar-refractivity contribution in [3.8, 4) is 17.1 Å². The third-order valence-electron chi connectivity index (χ3n) is 6.54. The first kappa shape index (κ1) is 22.3. The van der Waals surface area contributed by atoms with Crippen LogP contribution in [0.15, 0.2) is 53.2 Å². The minimum Gasteiger partial charge on any atom is -0.437 e. The molecule has 3 aromatic heterocycles. The van der Waals surface area contributed by atoms with Crippen molar-refractivity contribution in [2.75, 3.05) is 0 Å². The number of aryl methyl sites for hydroxylation is 2. The van der Waals surface area contributed by atoms with E-state index in [1.807, 2.05) is 32.3 Å². The lowest BCUT2D eigenvalue weighted by molar-refractivity contribution is -0.659. The Morgan fingerprint density at radius 1 is 1.00 bits per heavy atom. The number of hydrogen-bond donors (Lipinski definition) is 0. The fourth-order valence-corrected chi connectivity index (χ4v) is 4.86. The Morgan fingerprint density at radius 3 is 2.32 bits per heavy atom. The standard InChI is InChI=1S/C28H28F2N3O/c1-15(2)18-8-7-9-19(16(3)4)26(18)33-11-10-32(6)28(33)20-13-23-21(12-17(20)5)25-22(29)14-24(30)31-27(25)34-23/h7-16H,1-6H3/q+1. The van der Waals surface area contributed by atoms with Crippen molar-refractivity contribution in [3.63, 3.8) is 0 Å². The van der Waals surface area contributed by atoms with Crippen molar-refractivity contribution < 1.29 is 17.8 Å². The smallest absolute Gasteiger partial charge is 0.294 e. The molecule has 0 N–H and O–H groups in total. The van der Waals surface area contributed by atoms with Gasteiger partial charge in [-0.3, -0.25) is 0 Å². The number of hydrogen-bond acceptors (Lipinski definition) is 2. The molecular weight excluding hydrogens is 432 g/mol. The molecule has 0 saturated heterocycles. The van der Waals surface area contributed by atoms with Crippen molar-refractivity contribution in [2.24, 2.45) is 7.05 Å². The monoisotopic (exact) mass is 460 g/mol. The maximum atomic E-state index is 14.6. The fraction of sp³-hybridized carbons (Fsp3) is 0.286. The third-order valence-corrected chi connectivity index (χ3v) is 6.54. The normalized spacial score (nSPS) is 12.1. The molecule has 4 nitrogen and oxygen atoms in total. The fourth-order valence-electron chi connectivity index (χ4n) is 4.86. The van der Waals surface area contributed by atoms with Crippen LogP contribution < -0.4 is 4.57 Å². The molecular formula is C28H28F2N3O+. The van der Waals surface area contributed by atoms with Crippen LogP contribution in [0, 0.1) is 18.7 Å². The largest absolute Gasteiger partial charge is 0.437 e. The van der Waals surface area contributed by atoms with E-state index < -0.39 is 11.8 Å². The van der Waals surface area contributed by atoms with Crippen molar-refractivity contribution in [1.29, 1.82) is 0 Å². The van der Waals surface area contributed by atoms with Gasteiger partial charge in [-0.25, -0.2) is 8.96 Å². The van der Waals surface area contributed by atoms with Gasteiger partial charge in [-0.2, -0.15) is 13.9 Å². The highest BCUT2D eigenvalue weighted by Crippen LogP contribution is 2.37. The first-order chi connectivity index (χ1) is 16.2. The van der Waals surface area contributed by atoms with E-state index in [0.717, 1.165) is 23.0 Å². The minimum atomic E-state index is -0.896. The Morgan fingerprint density at radius 2 is 1.68 bits per heavy atom. The van der Waals surface area contributed by atoms with Crippen molar-refractivity contribution in [3.05, 3.63) is 77.2 Å². The lowest BCUT2D eigenvalue weighted by atomic mass is 9.92. The zero-order valence-electron chi connectivity index (χ0n) is 20.3. The van der Waals surface area contributed by atoms with Crippen LogP contribution in [0.25, 0.3) is 39.1 Å². The van der Waals surface area contributed by atoms with Gasteiger partial charge in [-0.05, 0) is 36.5 Å². The van der Waals surface area contributed by atoms with Gasteiger partial charge in [0.1, 0.15) is 29.5 Å². The van der Waals surface area contributed by atoms with Crippen molar-refractivity contribution in [2.45, 2.75) is 46.5 Å². The molecule has 174 valence electrons. The van der Waals surface area contributed by atoms with Gasteiger partial charge >= 0.3 is 0 Å². The number of fused-ring (bicyclic) bond motifs is 3. The zero-order valence-corrected chi connectivity index (χ0v) is 20.3. The molecule has 0 aliphatic rings. The molecule has 0 unspecified atom stereocenters. The maximum Gasteiger partial charge on any atom is 0.294 e. The summed E-state index contributed by atoms with van der Waals surface area (Å²) in [6.45, 7) is 10.8. The van der Waals surface area contributed by atoms with Crippen LogP contribution >= 0.6 is 0 Å². The van der Waals surface area contributed by atoms with Gasteiger partial charge in [0.05, 0.1) is 18.0 Å². The highest BCUT2D eigenvalue weighted by molar-refractivity contribution is 6.05. The number of imidazole rings is 1. The third kappa shape index (κ3) is 3.40. The second-order valence-electron chi connectivity index (χ2n) is 9.57. The van der Waals surface area contributed by atoms with E-state index in [1.54, 1.807) is 0 Å². The van der Waals surface area contributed by atoms with Crippen LogP contribution in [0.2, 0.25) is 0 Å². The summed E-state index contributed by atoms with van der Waals surface area (Å²) in [5.74, 6) is 0.103. The van der Waals surface area contributed by atoms with Crippen LogP contribution in [-0.2, 0) is 7.05 Å². The van der Waals surface area contributed by atoms with E-state index in [4.69, 9.17) is 4.42 Å². The Balaban J connectivity index is 1.81. The summed E-state index contributed by atoms with van der Waals surface area (Å²) in [5.41, 5.74) is 6.08. The Bertz CT molecular complexity index is 1530. The van der Waals surface area contributed by atoms with E-state index >= 15 is 0 Å². The SMILES string of the molecule is Cc1cc2c(cc1-c1n(-c3c(C(C)C)cccc3C(C)C)cc[n+]1C)oc1nc(F)cc(F)c12. The molecule has 0 atom stereocenters. The second kappa shape index (κ2) is 8.05. The van der Waals surface area contributed by atoms with Crippen LogP contribution in [0.5, 0.6) is 0 Å². The molecule has 0 saturated carbocycles. The second-order valence-corrected chi connectivity index (χ2v) is 9.57. The molecule has 0 bridgehead atoms. The van der Waals surface area contributed by atoms with Crippen molar-refractivity contribution in [1.82, 2.24) is 9.55 Å². The molecule has 0 fully saturated rings. The van der Waals surface area contributed by atoms with Gasteiger partial charge in [-0.15, -0.1) is 0 Å². The molecule has 5 aromatic rings. The molecule has 6 heteroatoms. The summed E-state index contributed by atoms with van der Waals surface area (Å²) < 4.78 is 38.4. The van der Waals surface area contributed by atoms with Crippen molar-refractivity contribution >= 4 is 22.1 Å². The number of benzene rings is 2. The molecule has 34 heavy (non-hydrogen) atoms. The number of rotatable bonds is 4. The summed E-state index contributed by atoms with van der Waals surface area (Å²) in [6, 6.07) is 11.1. The number of para-hydroxylation sites is 1. The van der Waals surface area contributed by atoms with E-state index in [1.165, 1.54) is 16.8 Å². The Hall–Kier alpha value is -3.54. The number of aromatic nitrogens is 3. The molecule has 5 rings (SSSR count). The molecule has 0 radical (unpaired) electrons. The average Bonchev–Trinajstić information content (AvgIpc) is 3.31. The van der Waals surface area contributed by atoms with E-state index in [2.05, 4.69) is 66.2 Å². The predicted molar refractivity (Wildman–Crippen MR) is 130 cm³/mol. The van der Waals surface area contributed by atoms with Crippen LogP contribution in [0.3, 0.4) is 0 Å². The predicted octanol–water partition coefficient (Wildman–Crippen LogP) is 7.10. The number of furan rings is 1. The topological polar surface area (TPSA) is 34.8 Å². The van der Waals surface area contributed by atoms with Crippen LogP contribution in [-0.4, -0.2) is 9.55 Å². The van der Waals surface area contributed by atoms with Gasteiger partial charge in [-0.1, -0.05) is 45.9 Å². The average molecular weight is 461 g/mol. The van der Waals surface area contributed by atoms with Crippen LogP contribution in [0.4, 0.5) is 8.78 Å². The first-order valence-electron chi connectivity index (χ1n) is 11.6. The molecule has 0 aliphatic carbocycles. The highest BCUT2D eigenvalue weighted by atomic mass is 19.1. The summed E-state index contributed by atoms with van der Waals surface area (Å²) >= 11 is 0.